The number of carbonyl (C=O) groups excluding carboxylic acids is 2. The molecule has 1 aliphatic rings. The molecule has 3 aromatic rings. The van der Waals surface area contributed by atoms with Crippen molar-refractivity contribution >= 4 is 17.5 Å². The number of fused-ring (bicyclic) bond motifs is 1. The van der Waals surface area contributed by atoms with E-state index < -0.39 is 23.9 Å². The number of carbonyl (C=O) groups is 2. The molecule has 0 saturated carbocycles. The van der Waals surface area contributed by atoms with Crippen LogP contribution in [0.1, 0.15) is 43.5 Å². The number of rotatable bonds is 6. The number of hydrogen-bond acceptors (Lipinski definition) is 3. The van der Waals surface area contributed by atoms with Gasteiger partial charge in [-0.3, -0.25) is 9.59 Å². The van der Waals surface area contributed by atoms with Crippen LogP contribution in [0.15, 0.2) is 66.7 Å². The minimum atomic E-state index is -0.849. The van der Waals surface area contributed by atoms with Crippen LogP contribution in [0.2, 0.25) is 0 Å². The van der Waals surface area contributed by atoms with Crippen LogP contribution in [-0.2, 0) is 16.0 Å². The number of nitrogens with one attached hydrogen (secondary N) is 1. The van der Waals surface area contributed by atoms with E-state index in [0.29, 0.717) is 24.4 Å². The zero-order chi connectivity index (χ0) is 25.1. The average molecular weight is 479 g/mol. The summed E-state index contributed by atoms with van der Waals surface area (Å²) in [6, 6.07) is 17.0. The molecule has 2 amide bonds. The van der Waals surface area contributed by atoms with Gasteiger partial charge in [0, 0.05) is 18.2 Å². The van der Waals surface area contributed by atoms with Gasteiger partial charge < -0.3 is 15.0 Å². The van der Waals surface area contributed by atoms with Crippen LogP contribution >= 0.6 is 0 Å². The Morgan fingerprint density at radius 2 is 1.71 bits per heavy atom. The van der Waals surface area contributed by atoms with Crippen molar-refractivity contribution < 1.29 is 23.1 Å². The molecule has 7 heteroatoms. The van der Waals surface area contributed by atoms with Gasteiger partial charge in [-0.1, -0.05) is 38.1 Å². The fourth-order valence-corrected chi connectivity index (χ4v) is 4.31. The van der Waals surface area contributed by atoms with Gasteiger partial charge in [-0.2, -0.15) is 0 Å². The van der Waals surface area contributed by atoms with Crippen molar-refractivity contribution in [1.29, 1.82) is 0 Å². The van der Waals surface area contributed by atoms with E-state index in [2.05, 4.69) is 5.32 Å². The molecule has 0 saturated heterocycles. The Labute approximate surface area is 203 Å². The highest BCUT2D eigenvalue weighted by Crippen LogP contribution is 2.38. The summed E-state index contributed by atoms with van der Waals surface area (Å²) < 4.78 is 33.0. The summed E-state index contributed by atoms with van der Waals surface area (Å²) in [7, 11) is 0. The van der Waals surface area contributed by atoms with Crippen molar-refractivity contribution in [3.8, 4) is 5.75 Å². The summed E-state index contributed by atoms with van der Waals surface area (Å²) in [5.41, 5.74) is 3.09. The third-order valence-electron chi connectivity index (χ3n) is 6.08. The number of amides is 2. The Kier molecular flexibility index (Phi) is 7.15. The van der Waals surface area contributed by atoms with Gasteiger partial charge in [-0.05, 0) is 72.5 Å². The zero-order valence-corrected chi connectivity index (χ0v) is 19.9. The Hall–Kier alpha value is -3.74. The second-order valence-corrected chi connectivity index (χ2v) is 9.01. The fraction of sp³-hybridized carbons (Fsp3) is 0.286. The lowest BCUT2D eigenvalue weighted by Gasteiger charge is -2.39. The van der Waals surface area contributed by atoms with Crippen molar-refractivity contribution in [2.24, 2.45) is 5.92 Å². The first-order valence-corrected chi connectivity index (χ1v) is 11.6. The van der Waals surface area contributed by atoms with Gasteiger partial charge in [-0.15, -0.1) is 0 Å². The van der Waals surface area contributed by atoms with Gasteiger partial charge >= 0.3 is 0 Å². The second-order valence-electron chi connectivity index (χ2n) is 9.01. The van der Waals surface area contributed by atoms with E-state index in [-0.39, 0.29) is 17.6 Å². The molecule has 1 aliphatic heterocycles. The first-order chi connectivity index (χ1) is 16.7. The van der Waals surface area contributed by atoms with E-state index in [1.165, 1.54) is 30.3 Å². The fourth-order valence-electron chi connectivity index (χ4n) is 4.31. The summed E-state index contributed by atoms with van der Waals surface area (Å²) in [5.74, 6) is -0.915. The molecule has 35 heavy (non-hydrogen) atoms. The number of halogens is 2. The summed E-state index contributed by atoms with van der Waals surface area (Å²) in [6.07, 6.45) is -0.168. The van der Waals surface area contributed by atoms with Crippen molar-refractivity contribution in [2.75, 3.05) is 11.9 Å². The lowest BCUT2D eigenvalue weighted by atomic mass is 9.87. The third kappa shape index (κ3) is 5.50. The molecule has 0 radical (unpaired) electrons. The molecule has 2 atom stereocenters. The van der Waals surface area contributed by atoms with Crippen LogP contribution in [0.5, 0.6) is 5.75 Å². The predicted molar refractivity (Wildman–Crippen MR) is 130 cm³/mol. The number of nitrogens with zero attached hydrogens (tertiary/aromatic N) is 1. The minimum Gasteiger partial charge on any atom is -0.481 e. The highest BCUT2D eigenvalue weighted by atomic mass is 19.1. The number of ether oxygens (including phenoxy) is 1. The van der Waals surface area contributed by atoms with Gasteiger partial charge in [-0.25, -0.2) is 8.78 Å². The molecular formula is C28H28F2N2O3. The van der Waals surface area contributed by atoms with Gasteiger partial charge in [0.25, 0.3) is 5.91 Å². The van der Waals surface area contributed by atoms with Gasteiger partial charge in [0.2, 0.25) is 5.91 Å². The molecule has 4 rings (SSSR count). The molecule has 0 fully saturated rings. The predicted octanol–water partition coefficient (Wildman–Crippen LogP) is 5.50. The maximum Gasteiger partial charge on any atom is 0.265 e. The minimum absolute atomic E-state index is 0.0131. The number of hydrogen-bond donors (Lipinski definition) is 1. The molecule has 5 nitrogen and oxygen atoms in total. The Balaban J connectivity index is 1.61. The van der Waals surface area contributed by atoms with Gasteiger partial charge in [0.15, 0.2) is 6.10 Å². The van der Waals surface area contributed by atoms with Crippen LogP contribution in [0.25, 0.3) is 0 Å². The molecule has 2 unspecified atom stereocenters. The maximum atomic E-state index is 13.6. The van der Waals surface area contributed by atoms with Gasteiger partial charge in [0.05, 0.1) is 6.04 Å². The Morgan fingerprint density at radius 3 is 2.40 bits per heavy atom. The normalized spacial score (nSPS) is 15.9. The van der Waals surface area contributed by atoms with E-state index in [1.807, 2.05) is 30.9 Å². The van der Waals surface area contributed by atoms with Gasteiger partial charge in [0.1, 0.15) is 17.4 Å². The molecule has 3 aromatic carbocycles. The SMILES string of the molecule is CC(C)C(=O)N1CCc2ccc(OC(C)C(=O)Nc3cccc(F)c3)cc2C1c1ccc(F)cc1. The van der Waals surface area contributed by atoms with Crippen LogP contribution in [0, 0.1) is 17.6 Å². The van der Waals surface area contributed by atoms with E-state index in [1.54, 1.807) is 31.2 Å². The van der Waals surface area contributed by atoms with E-state index in [9.17, 15) is 18.4 Å². The van der Waals surface area contributed by atoms with Crippen molar-refractivity contribution in [1.82, 2.24) is 4.90 Å². The Morgan fingerprint density at radius 1 is 0.971 bits per heavy atom. The lowest BCUT2D eigenvalue weighted by molar-refractivity contribution is -0.136. The topological polar surface area (TPSA) is 58.6 Å². The molecule has 182 valence electrons. The average Bonchev–Trinajstić information content (AvgIpc) is 2.83. The highest BCUT2D eigenvalue weighted by molar-refractivity contribution is 5.94. The molecule has 1 heterocycles. The molecule has 0 spiro atoms. The number of anilines is 1. The molecule has 0 aliphatic carbocycles. The summed E-state index contributed by atoms with van der Waals surface area (Å²) in [5, 5.41) is 2.65. The quantitative estimate of drug-likeness (QED) is 0.509. The summed E-state index contributed by atoms with van der Waals surface area (Å²) in [6.45, 7) is 5.88. The zero-order valence-electron chi connectivity index (χ0n) is 19.9. The summed E-state index contributed by atoms with van der Waals surface area (Å²) in [4.78, 5) is 27.5. The largest absolute Gasteiger partial charge is 0.481 e. The molecule has 1 N–H and O–H groups in total. The van der Waals surface area contributed by atoms with Crippen molar-refractivity contribution in [3.05, 3.63) is 95.1 Å². The first-order valence-electron chi connectivity index (χ1n) is 11.6. The van der Waals surface area contributed by atoms with E-state index in [4.69, 9.17) is 4.74 Å². The first kappa shape index (κ1) is 24.4. The van der Waals surface area contributed by atoms with E-state index in [0.717, 1.165) is 16.7 Å². The summed E-state index contributed by atoms with van der Waals surface area (Å²) >= 11 is 0. The second kappa shape index (κ2) is 10.3. The molecule has 0 bridgehead atoms. The van der Waals surface area contributed by atoms with Crippen molar-refractivity contribution in [3.63, 3.8) is 0 Å². The lowest BCUT2D eigenvalue weighted by Crippen LogP contribution is -2.42. The maximum absolute atomic E-state index is 13.6. The number of benzene rings is 3. The van der Waals surface area contributed by atoms with Crippen LogP contribution < -0.4 is 10.1 Å². The Bertz CT molecular complexity index is 1230. The van der Waals surface area contributed by atoms with Crippen LogP contribution in [0.4, 0.5) is 14.5 Å². The standard InChI is InChI=1S/C28H28F2N2O3/c1-17(2)28(34)32-14-13-19-9-12-24(16-25(19)26(32)20-7-10-21(29)11-8-20)35-18(3)27(33)31-23-6-4-5-22(30)15-23/h4-12,15-18,26H,13-14H2,1-3H3,(H,31,33). The monoisotopic (exact) mass is 478 g/mol. The molecule has 0 aromatic heterocycles. The van der Waals surface area contributed by atoms with Crippen LogP contribution in [0.3, 0.4) is 0 Å². The van der Waals surface area contributed by atoms with E-state index >= 15 is 0 Å². The van der Waals surface area contributed by atoms with Crippen molar-refractivity contribution in [2.45, 2.75) is 39.3 Å². The highest BCUT2D eigenvalue weighted by Gasteiger charge is 2.33. The van der Waals surface area contributed by atoms with Crippen LogP contribution in [-0.4, -0.2) is 29.4 Å². The molecular weight excluding hydrogens is 450 g/mol. The third-order valence-corrected chi connectivity index (χ3v) is 6.08. The smallest absolute Gasteiger partial charge is 0.265 e.